The van der Waals surface area contributed by atoms with E-state index in [-0.39, 0.29) is 17.0 Å². The van der Waals surface area contributed by atoms with Gasteiger partial charge in [0.25, 0.3) is 0 Å². The summed E-state index contributed by atoms with van der Waals surface area (Å²) < 4.78 is 12.9. The molecule has 5 heteroatoms. The van der Waals surface area contributed by atoms with Crippen molar-refractivity contribution in [2.45, 2.75) is 31.3 Å². The van der Waals surface area contributed by atoms with Gasteiger partial charge in [-0.25, -0.2) is 4.39 Å². The Bertz CT molecular complexity index is 414. The van der Waals surface area contributed by atoms with Crippen molar-refractivity contribution in [3.05, 3.63) is 34.6 Å². The molecular weight excluding hydrogens is 273 g/mol. The molecule has 2 nitrogen and oxygen atoms in total. The molecule has 0 saturated heterocycles. The summed E-state index contributed by atoms with van der Waals surface area (Å²) in [4.78, 5) is 11.6. The molecule has 0 heterocycles. The third-order valence-electron chi connectivity index (χ3n) is 2.42. The maximum atomic E-state index is 12.9. The maximum absolute atomic E-state index is 12.9. The minimum atomic E-state index is -0.345. The Hall–Kier alpha value is -0.740. The van der Waals surface area contributed by atoms with E-state index in [4.69, 9.17) is 11.6 Å². The first-order chi connectivity index (χ1) is 8.54. The minimum Gasteiger partial charge on any atom is -0.355 e. The van der Waals surface area contributed by atoms with Crippen LogP contribution in [0.25, 0.3) is 0 Å². The quantitative estimate of drug-likeness (QED) is 0.866. The van der Waals surface area contributed by atoms with Crippen molar-refractivity contribution in [2.24, 2.45) is 0 Å². The van der Waals surface area contributed by atoms with Gasteiger partial charge in [0.15, 0.2) is 0 Å². The van der Waals surface area contributed by atoms with Crippen molar-refractivity contribution in [2.75, 3.05) is 6.54 Å². The predicted octanol–water partition coefficient (Wildman–Crippen LogP) is 3.63. The molecule has 18 heavy (non-hydrogen) atoms. The molecule has 1 rings (SSSR count). The van der Waals surface area contributed by atoms with Gasteiger partial charge < -0.3 is 5.32 Å². The van der Waals surface area contributed by atoms with Crippen molar-refractivity contribution >= 4 is 29.3 Å². The molecule has 1 unspecified atom stereocenters. The second kappa shape index (κ2) is 7.64. The van der Waals surface area contributed by atoms with Crippen molar-refractivity contribution in [3.8, 4) is 0 Å². The maximum Gasteiger partial charge on any atom is 0.232 e. The van der Waals surface area contributed by atoms with E-state index in [1.807, 2.05) is 13.8 Å². The van der Waals surface area contributed by atoms with Crippen molar-refractivity contribution in [3.63, 3.8) is 0 Å². The third kappa shape index (κ3) is 4.86. The Morgan fingerprint density at radius 3 is 2.89 bits per heavy atom. The summed E-state index contributed by atoms with van der Waals surface area (Å²) in [5.74, 6) is 0.280. The van der Waals surface area contributed by atoms with E-state index >= 15 is 0 Å². The predicted molar refractivity (Wildman–Crippen MR) is 75.5 cm³/mol. The molecule has 0 bridgehead atoms. The normalized spacial score (nSPS) is 12.2. The second-order valence-electron chi connectivity index (χ2n) is 3.98. The fourth-order valence-electron chi connectivity index (χ4n) is 1.32. The minimum absolute atomic E-state index is 0.0279. The lowest BCUT2D eigenvalue weighted by molar-refractivity contribution is -0.120. The number of carbonyl (C=O) groups is 1. The van der Waals surface area contributed by atoms with Crippen LogP contribution >= 0.6 is 23.4 Å². The lowest BCUT2D eigenvalue weighted by Crippen LogP contribution is -2.31. The highest BCUT2D eigenvalue weighted by atomic mass is 35.5. The van der Waals surface area contributed by atoms with E-state index in [2.05, 4.69) is 5.32 Å². The van der Waals surface area contributed by atoms with Crippen LogP contribution in [-0.4, -0.2) is 17.7 Å². The summed E-state index contributed by atoms with van der Waals surface area (Å²) in [7, 11) is 0. The summed E-state index contributed by atoms with van der Waals surface area (Å²) in [6.07, 6.45) is 0.924. The van der Waals surface area contributed by atoms with Gasteiger partial charge in [0, 0.05) is 17.3 Å². The van der Waals surface area contributed by atoms with Crippen LogP contribution < -0.4 is 5.32 Å². The number of nitrogens with one attached hydrogen (secondary N) is 1. The number of halogens is 2. The SMILES string of the molecule is CCCNC(=O)C(C)SCc1ccc(F)cc1Cl. The van der Waals surface area contributed by atoms with Crippen molar-refractivity contribution < 1.29 is 9.18 Å². The number of rotatable bonds is 6. The van der Waals surface area contributed by atoms with Crippen molar-refractivity contribution in [1.29, 1.82) is 0 Å². The molecule has 0 aliphatic carbocycles. The zero-order valence-corrected chi connectivity index (χ0v) is 12.1. The number of hydrogen-bond acceptors (Lipinski definition) is 2. The standard InChI is InChI=1S/C13H17ClFNOS/c1-3-6-16-13(17)9(2)18-8-10-4-5-11(15)7-12(10)14/h4-5,7,9H,3,6,8H2,1-2H3,(H,16,17). The smallest absolute Gasteiger partial charge is 0.232 e. The molecule has 1 aromatic rings. The molecule has 1 N–H and O–H groups in total. The van der Waals surface area contributed by atoms with Gasteiger partial charge in [0.2, 0.25) is 5.91 Å². The van der Waals surface area contributed by atoms with Gasteiger partial charge >= 0.3 is 0 Å². The number of thioether (sulfide) groups is 1. The van der Waals surface area contributed by atoms with Gasteiger partial charge in [0.05, 0.1) is 5.25 Å². The molecule has 0 spiro atoms. The zero-order valence-electron chi connectivity index (χ0n) is 10.5. The summed E-state index contributed by atoms with van der Waals surface area (Å²) in [6.45, 7) is 4.56. The largest absolute Gasteiger partial charge is 0.355 e. The lowest BCUT2D eigenvalue weighted by atomic mass is 10.2. The van der Waals surface area contributed by atoms with Crippen LogP contribution in [0, 0.1) is 5.82 Å². The van der Waals surface area contributed by atoms with Crippen LogP contribution in [0.1, 0.15) is 25.8 Å². The Labute approximate surface area is 116 Å². The Balaban J connectivity index is 2.46. The van der Waals surface area contributed by atoms with Crippen LogP contribution in [0.15, 0.2) is 18.2 Å². The van der Waals surface area contributed by atoms with E-state index in [9.17, 15) is 9.18 Å². The molecule has 0 aromatic heterocycles. The van der Waals surface area contributed by atoms with E-state index in [0.29, 0.717) is 17.3 Å². The molecular formula is C13H17ClFNOS. The Morgan fingerprint density at radius 2 is 2.28 bits per heavy atom. The summed E-state index contributed by atoms with van der Waals surface area (Å²) in [5.41, 5.74) is 0.846. The topological polar surface area (TPSA) is 29.1 Å². The fraction of sp³-hybridized carbons (Fsp3) is 0.462. The third-order valence-corrected chi connectivity index (χ3v) is 3.97. The van der Waals surface area contributed by atoms with Gasteiger partial charge in [-0.15, -0.1) is 11.8 Å². The van der Waals surface area contributed by atoms with Gasteiger partial charge in [-0.3, -0.25) is 4.79 Å². The molecule has 0 aliphatic heterocycles. The Morgan fingerprint density at radius 1 is 1.56 bits per heavy atom. The van der Waals surface area contributed by atoms with Crippen LogP contribution in [0.3, 0.4) is 0 Å². The van der Waals surface area contributed by atoms with E-state index in [0.717, 1.165) is 12.0 Å². The molecule has 1 amide bonds. The number of hydrogen-bond donors (Lipinski definition) is 1. The second-order valence-corrected chi connectivity index (χ2v) is 5.72. The van der Waals surface area contributed by atoms with Crippen molar-refractivity contribution in [1.82, 2.24) is 5.32 Å². The van der Waals surface area contributed by atoms with E-state index < -0.39 is 0 Å². The first-order valence-electron chi connectivity index (χ1n) is 5.87. The molecule has 0 aliphatic rings. The highest BCUT2D eigenvalue weighted by Gasteiger charge is 2.13. The summed E-state index contributed by atoms with van der Waals surface area (Å²) >= 11 is 7.41. The van der Waals surface area contributed by atoms with Gasteiger partial charge in [-0.1, -0.05) is 24.6 Å². The lowest BCUT2D eigenvalue weighted by Gasteiger charge is -2.12. The molecule has 0 fully saturated rings. The summed E-state index contributed by atoms with van der Waals surface area (Å²) in [6, 6.07) is 4.32. The first-order valence-corrected chi connectivity index (χ1v) is 7.30. The molecule has 100 valence electrons. The molecule has 1 atom stereocenters. The van der Waals surface area contributed by atoms with E-state index in [1.165, 1.54) is 23.9 Å². The van der Waals surface area contributed by atoms with E-state index in [1.54, 1.807) is 6.07 Å². The Kier molecular flexibility index (Phi) is 6.50. The van der Waals surface area contributed by atoms with Gasteiger partial charge in [0.1, 0.15) is 5.82 Å². The van der Waals surface area contributed by atoms with Gasteiger partial charge in [-0.05, 0) is 31.0 Å². The fourth-order valence-corrected chi connectivity index (χ4v) is 2.55. The van der Waals surface area contributed by atoms with Crippen LogP contribution in [0.5, 0.6) is 0 Å². The molecule has 1 aromatic carbocycles. The van der Waals surface area contributed by atoms with Crippen LogP contribution in [0.4, 0.5) is 4.39 Å². The van der Waals surface area contributed by atoms with Gasteiger partial charge in [-0.2, -0.15) is 0 Å². The summed E-state index contributed by atoms with van der Waals surface area (Å²) in [5, 5.41) is 3.10. The molecule has 0 saturated carbocycles. The van der Waals surface area contributed by atoms with Crippen LogP contribution in [0.2, 0.25) is 5.02 Å². The number of amides is 1. The monoisotopic (exact) mass is 289 g/mol. The van der Waals surface area contributed by atoms with Crippen LogP contribution in [-0.2, 0) is 10.5 Å². The number of benzene rings is 1. The highest BCUT2D eigenvalue weighted by Crippen LogP contribution is 2.24. The number of carbonyl (C=O) groups excluding carboxylic acids is 1. The highest BCUT2D eigenvalue weighted by molar-refractivity contribution is 7.99. The molecule has 0 radical (unpaired) electrons. The average molecular weight is 290 g/mol. The first kappa shape index (κ1) is 15.3. The average Bonchev–Trinajstić information content (AvgIpc) is 2.34. The zero-order chi connectivity index (χ0) is 13.5.